The molecule has 238 valence electrons. The molecular weight excluding hydrogens is 597 g/mol. The number of rotatable bonds is 6. The fraction of sp³-hybridized carbons (Fsp3) is 0.217. The van der Waals surface area contributed by atoms with Crippen LogP contribution < -0.4 is 0 Å². The van der Waals surface area contributed by atoms with E-state index in [9.17, 15) is 0 Å². The second-order valence-corrected chi connectivity index (χ2v) is 14.9. The molecule has 0 unspecified atom stereocenters. The van der Waals surface area contributed by atoms with Gasteiger partial charge in [-0.3, -0.25) is 0 Å². The molecule has 0 radical (unpaired) electrons. The molecule has 0 spiro atoms. The van der Waals surface area contributed by atoms with Gasteiger partial charge in [-0.1, -0.05) is 109 Å². The lowest BCUT2D eigenvalue weighted by molar-refractivity contribution is -0.00518. The monoisotopic (exact) mass is 634 g/mol. The van der Waals surface area contributed by atoms with Crippen LogP contribution >= 0.6 is 0 Å². The first-order valence-electron chi connectivity index (χ1n) is 17.9. The van der Waals surface area contributed by atoms with E-state index in [4.69, 9.17) is 9.40 Å². The Balaban J connectivity index is 0.987. The van der Waals surface area contributed by atoms with E-state index in [0.29, 0.717) is 5.41 Å². The number of hydrogen-bond acceptors (Lipinski definition) is 3. The molecule has 3 heteroatoms. The van der Waals surface area contributed by atoms with Crippen LogP contribution in [0.3, 0.4) is 0 Å². The third kappa shape index (κ3) is 5.11. The molecule has 0 N–H and O–H groups in total. The number of nitrogens with zero attached hydrogens (tertiary/aromatic N) is 2. The highest BCUT2D eigenvalue weighted by Gasteiger charge is 2.51. The molecule has 0 saturated heterocycles. The Morgan fingerprint density at radius 3 is 1.76 bits per heavy atom. The van der Waals surface area contributed by atoms with E-state index in [0.717, 1.165) is 56.9 Å². The molecule has 4 aliphatic rings. The van der Waals surface area contributed by atoms with Gasteiger partial charge in [-0.15, -0.1) is 0 Å². The molecule has 49 heavy (non-hydrogen) atoms. The van der Waals surface area contributed by atoms with Gasteiger partial charge in [0, 0.05) is 16.7 Å². The van der Waals surface area contributed by atoms with Crippen LogP contribution in [0, 0.1) is 17.8 Å². The van der Waals surface area contributed by atoms with E-state index < -0.39 is 0 Å². The molecule has 0 aliphatic heterocycles. The average molecular weight is 635 g/mol. The fourth-order valence-corrected chi connectivity index (χ4v) is 9.90. The second kappa shape index (κ2) is 11.4. The third-order valence-corrected chi connectivity index (χ3v) is 11.8. The van der Waals surface area contributed by atoms with Crippen LogP contribution in [0.15, 0.2) is 144 Å². The summed E-state index contributed by atoms with van der Waals surface area (Å²) in [6.45, 7) is 0. The van der Waals surface area contributed by atoms with Crippen molar-refractivity contribution in [1.82, 2.24) is 9.97 Å². The summed E-state index contributed by atoms with van der Waals surface area (Å²) in [5.74, 6) is 2.84. The van der Waals surface area contributed by atoms with Crippen molar-refractivity contribution in [3.05, 3.63) is 145 Å². The number of hydrogen-bond donors (Lipinski definition) is 0. The van der Waals surface area contributed by atoms with Crippen molar-refractivity contribution < 1.29 is 4.42 Å². The summed E-state index contributed by atoms with van der Waals surface area (Å²) < 4.78 is 5.56. The predicted octanol–water partition coefficient (Wildman–Crippen LogP) is 12.0. The first kappa shape index (κ1) is 28.7. The molecule has 4 fully saturated rings. The van der Waals surface area contributed by atoms with Crippen LogP contribution in [0.4, 0.5) is 0 Å². The molecule has 4 aliphatic carbocycles. The van der Waals surface area contributed by atoms with Crippen LogP contribution in [-0.4, -0.2) is 9.97 Å². The minimum Gasteiger partial charge on any atom is -0.443 e. The lowest BCUT2D eigenvalue weighted by atomic mass is 9.48. The molecule has 2 aromatic heterocycles. The van der Waals surface area contributed by atoms with Gasteiger partial charge in [0.1, 0.15) is 5.52 Å². The first-order valence-corrected chi connectivity index (χ1v) is 17.9. The fourth-order valence-electron chi connectivity index (χ4n) is 9.90. The SMILES string of the molecule is c1ccc(-c2cc(-c3ccc(-c4cccc(-c5cccc6ocnc56)c4)cc3)cc(-c3ccc(C45CC6CC(CC(C6)C4)C5)cc3)n2)cc1. The summed E-state index contributed by atoms with van der Waals surface area (Å²) in [5, 5.41) is 0. The van der Waals surface area contributed by atoms with Crippen LogP contribution in [0.25, 0.3) is 67.0 Å². The minimum absolute atomic E-state index is 0.405. The number of fused-ring (bicyclic) bond motifs is 1. The number of pyridine rings is 1. The van der Waals surface area contributed by atoms with Gasteiger partial charge in [0.15, 0.2) is 12.0 Å². The Hall–Kier alpha value is -5.28. The van der Waals surface area contributed by atoms with E-state index >= 15 is 0 Å². The average Bonchev–Trinajstić information content (AvgIpc) is 3.64. The van der Waals surface area contributed by atoms with Gasteiger partial charge in [-0.25, -0.2) is 9.97 Å². The number of benzene rings is 5. The normalized spacial score (nSPS) is 22.5. The van der Waals surface area contributed by atoms with Crippen molar-refractivity contribution in [3.8, 4) is 55.9 Å². The van der Waals surface area contributed by atoms with E-state index in [1.54, 1.807) is 5.56 Å². The lowest BCUT2D eigenvalue weighted by Gasteiger charge is -2.57. The Labute approximate surface area is 287 Å². The molecular formula is C46H38N2O. The Kier molecular flexibility index (Phi) is 6.69. The maximum Gasteiger partial charge on any atom is 0.182 e. The summed E-state index contributed by atoms with van der Waals surface area (Å²) in [4.78, 5) is 9.70. The molecule has 3 nitrogen and oxygen atoms in total. The van der Waals surface area contributed by atoms with Gasteiger partial charge in [0.2, 0.25) is 0 Å². The lowest BCUT2D eigenvalue weighted by Crippen LogP contribution is -2.48. The van der Waals surface area contributed by atoms with E-state index in [-0.39, 0.29) is 0 Å². The van der Waals surface area contributed by atoms with Gasteiger partial charge in [-0.05, 0) is 119 Å². The molecule has 5 aromatic carbocycles. The minimum atomic E-state index is 0.405. The van der Waals surface area contributed by atoms with Crippen molar-refractivity contribution >= 4 is 11.1 Å². The smallest absolute Gasteiger partial charge is 0.182 e. The zero-order chi connectivity index (χ0) is 32.4. The molecule has 11 rings (SSSR count). The third-order valence-electron chi connectivity index (χ3n) is 11.8. The number of aromatic nitrogens is 2. The zero-order valence-electron chi connectivity index (χ0n) is 27.6. The second-order valence-electron chi connectivity index (χ2n) is 14.9. The number of para-hydroxylation sites is 1. The highest BCUT2D eigenvalue weighted by atomic mass is 16.3. The Morgan fingerprint density at radius 2 is 1.06 bits per heavy atom. The van der Waals surface area contributed by atoms with Crippen molar-refractivity contribution in [2.75, 3.05) is 0 Å². The summed E-state index contributed by atoms with van der Waals surface area (Å²) in [6, 6.07) is 48.3. The highest BCUT2D eigenvalue weighted by Crippen LogP contribution is 2.60. The molecule has 7 aromatic rings. The van der Waals surface area contributed by atoms with Crippen LogP contribution in [0.2, 0.25) is 0 Å². The summed E-state index contributed by atoms with van der Waals surface area (Å²) in [6.07, 6.45) is 10.1. The predicted molar refractivity (Wildman–Crippen MR) is 199 cm³/mol. The standard InChI is InChI=1S/C46H38N2O/c1-2-6-35(7-3-1)42-24-39(25-43(48-42)36-16-18-40(19-17-36)46-26-30-20-31(27-46)22-32(21-30)28-46)34-14-12-33(13-15-34)37-8-4-9-38(23-37)41-10-5-11-44-45(41)47-29-49-44/h1-19,23-25,29-32H,20-22,26-28H2. The molecule has 0 atom stereocenters. The Bertz CT molecular complexity index is 2260. The quantitative estimate of drug-likeness (QED) is 0.183. The first-order chi connectivity index (χ1) is 24.2. The highest BCUT2D eigenvalue weighted by molar-refractivity contribution is 5.91. The van der Waals surface area contributed by atoms with Crippen molar-refractivity contribution in [1.29, 1.82) is 0 Å². The summed E-state index contributed by atoms with van der Waals surface area (Å²) in [7, 11) is 0. The molecule has 2 heterocycles. The molecule has 0 amide bonds. The van der Waals surface area contributed by atoms with E-state index in [1.807, 2.05) is 12.1 Å². The number of oxazole rings is 1. The van der Waals surface area contributed by atoms with E-state index in [1.165, 1.54) is 72.7 Å². The van der Waals surface area contributed by atoms with Crippen molar-refractivity contribution in [2.45, 2.75) is 43.9 Å². The van der Waals surface area contributed by atoms with Gasteiger partial charge < -0.3 is 4.42 Å². The van der Waals surface area contributed by atoms with Gasteiger partial charge in [0.25, 0.3) is 0 Å². The van der Waals surface area contributed by atoms with E-state index in [2.05, 4.69) is 126 Å². The zero-order valence-corrected chi connectivity index (χ0v) is 27.6. The maximum absolute atomic E-state index is 5.56. The Morgan fingerprint density at radius 1 is 0.490 bits per heavy atom. The van der Waals surface area contributed by atoms with Crippen LogP contribution in [0.1, 0.15) is 44.1 Å². The van der Waals surface area contributed by atoms with Crippen molar-refractivity contribution in [3.63, 3.8) is 0 Å². The molecule has 4 bridgehead atoms. The largest absolute Gasteiger partial charge is 0.443 e. The van der Waals surface area contributed by atoms with Gasteiger partial charge in [0.05, 0.1) is 11.4 Å². The summed E-state index contributed by atoms with van der Waals surface area (Å²) in [5.41, 5.74) is 14.9. The van der Waals surface area contributed by atoms with Crippen molar-refractivity contribution in [2.24, 2.45) is 17.8 Å². The van der Waals surface area contributed by atoms with Gasteiger partial charge in [-0.2, -0.15) is 0 Å². The summed E-state index contributed by atoms with van der Waals surface area (Å²) >= 11 is 0. The van der Waals surface area contributed by atoms with Gasteiger partial charge >= 0.3 is 0 Å². The maximum atomic E-state index is 5.56. The topological polar surface area (TPSA) is 38.9 Å². The molecule has 4 saturated carbocycles. The van der Waals surface area contributed by atoms with Crippen LogP contribution in [-0.2, 0) is 5.41 Å². The van der Waals surface area contributed by atoms with Crippen LogP contribution in [0.5, 0.6) is 0 Å².